The van der Waals surface area contributed by atoms with Gasteiger partial charge in [0.25, 0.3) is 0 Å². The first-order valence-electron chi connectivity index (χ1n) is 6.34. The largest absolute Gasteiger partial charge is 0.113 e. The quantitative estimate of drug-likeness (QED) is 0.263. The summed E-state index contributed by atoms with van der Waals surface area (Å²) in [6, 6.07) is 18.2. The predicted molar refractivity (Wildman–Crippen MR) is 104 cm³/mol. The van der Waals surface area contributed by atoms with E-state index in [1.54, 1.807) is 0 Å². The van der Waals surface area contributed by atoms with Crippen molar-refractivity contribution in [3.05, 3.63) is 78.8 Å². The molecular formula is C17H10BrCl2I. The maximum absolute atomic E-state index is 6.77. The molecule has 0 bridgehead atoms. The fourth-order valence-corrected chi connectivity index (χ4v) is 4.19. The molecule has 3 rings (SSSR count). The Morgan fingerprint density at radius 3 is 2.38 bits per heavy atom. The van der Waals surface area contributed by atoms with E-state index in [4.69, 9.17) is 23.2 Å². The van der Waals surface area contributed by atoms with Gasteiger partial charge in [-0.25, -0.2) is 0 Å². The van der Waals surface area contributed by atoms with E-state index >= 15 is 0 Å². The lowest BCUT2D eigenvalue weighted by Crippen LogP contribution is -1.98. The van der Waals surface area contributed by atoms with Crippen molar-refractivity contribution in [3.8, 4) is 0 Å². The summed E-state index contributed by atoms with van der Waals surface area (Å²) in [5.74, 6) is 0. The van der Waals surface area contributed by atoms with E-state index in [1.807, 2.05) is 36.4 Å². The minimum Gasteiger partial charge on any atom is -0.113 e. The van der Waals surface area contributed by atoms with Crippen molar-refractivity contribution >= 4 is 72.5 Å². The van der Waals surface area contributed by atoms with E-state index in [1.165, 1.54) is 0 Å². The second kappa shape index (κ2) is 6.45. The smallest absolute Gasteiger partial charge is 0.0852 e. The molecule has 1 atom stereocenters. The predicted octanol–water partition coefficient (Wildman–Crippen LogP) is 7.19. The molecule has 21 heavy (non-hydrogen) atoms. The molecular weight excluding hydrogens is 482 g/mol. The number of rotatable bonds is 2. The van der Waals surface area contributed by atoms with Crippen LogP contribution in [0.3, 0.4) is 0 Å². The highest BCUT2D eigenvalue weighted by Crippen LogP contribution is 2.38. The van der Waals surface area contributed by atoms with Crippen LogP contribution in [0.25, 0.3) is 10.8 Å². The molecule has 0 spiro atoms. The number of alkyl halides is 1. The molecule has 0 heterocycles. The lowest BCUT2D eigenvalue weighted by atomic mass is 9.98. The van der Waals surface area contributed by atoms with Crippen LogP contribution in [0.1, 0.15) is 16.5 Å². The number of fused-ring (bicyclic) bond motifs is 1. The molecule has 4 heteroatoms. The summed E-state index contributed by atoms with van der Waals surface area (Å²) in [6.45, 7) is 0. The summed E-state index contributed by atoms with van der Waals surface area (Å²) in [7, 11) is 0. The zero-order chi connectivity index (χ0) is 15.0. The molecule has 0 aliphatic rings. The number of halogens is 4. The molecule has 0 saturated carbocycles. The first-order valence-corrected chi connectivity index (χ1v) is 9.02. The second-order valence-electron chi connectivity index (χ2n) is 4.71. The average molecular weight is 492 g/mol. The minimum absolute atomic E-state index is 0.212. The summed E-state index contributed by atoms with van der Waals surface area (Å²) in [5.41, 5.74) is 2.17. The van der Waals surface area contributed by atoms with Gasteiger partial charge in [-0.1, -0.05) is 57.9 Å². The summed E-state index contributed by atoms with van der Waals surface area (Å²) in [6.07, 6.45) is 0. The zero-order valence-electron chi connectivity index (χ0n) is 10.8. The van der Waals surface area contributed by atoms with Crippen LogP contribution in [0.2, 0.25) is 5.02 Å². The molecule has 106 valence electrons. The van der Waals surface area contributed by atoms with Crippen molar-refractivity contribution in [3.63, 3.8) is 0 Å². The van der Waals surface area contributed by atoms with Crippen LogP contribution < -0.4 is 0 Å². The molecule has 0 N–H and O–H groups in total. The van der Waals surface area contributed by atoms with Gasteiger partial charge in [0.15, 0.2) is 0 Å². The molecule has 0 amide bonds. The van der Waals surface area contributed by atoms with Crippen LogP contribution >= 0.6 is 61.7 Å². The van der Waals surface area contributed by atoms with Crippen LogP contribution in [0.15, 0.2) is 59.1 Å². The highest BCUT2D eigenvalue weighted by atomic mass is 127. The molecule has 1 unspecified atom stereocenters. The van der Waals surface area contributed by atoms with Gasteiger partial charge in [-0.05, 0) is 63.4 Å². The van der Waals surface area contributed by atoms with Gasteiger partial charge >= 0.3 is 0 Å². The van der Waals surface area contributed by atoms with Crippen molar-refractivity contribution in [2.24, 2.45) is 0 Å². The Morgan fingerprint density at radius 1 is 0.905 bits per heavy atom. The SMILES string of the molecule is Clc1ccc(C(Cl)c2cc(Br)ccc2I)c2ccccc12. The third-order valence-corrected chi connectivity index (χ3v) is 5.68. The average Bonchev–Trinajstić information content (AvgIpc) is 2.50. The van der Waals surface area contributed by atoms with Crippen molar-refractivity contribution in [1.82, 2.24) is 0 Å². The summed E-state index contributed by atoms with van der Waals surface area (Å²) < 4.78 is 2.18. The van der Waals surface area contributed by atoms with Crippen molar-refractivity contribution in [2.45, 2.75) is 5.38 Å². The van der Waals surface area contributed by atoms with Crippen molar-refractivity contribution in [2.75, 3.05) is 0 Å². The van der Waals surface area contributed by atoms with Crippen molar-refractivity contribution in [1.29, 1.82) is 0 Å². The highest BCUT2D eigenvalue weighted by Gasteiger charge is 2.17. The molecule has 3 aromatic carbocycles. The Bertz CT molecular complexity index is 817. The normalized spacial score (nSPS) is 12.6. The molecule has 0 radical (unpaired) electrons. The number of hydrogen-bond donors (Lipinski definition) is 0. The van der Waals surface area contributed by atoms with Gasteiger partial charge in [0, 0.05) is 18.5 Å². The lowest BCUT2D eigenvalue weighted by Gasteiger charge is -2.16. The highest BCUT2D eigenvalue weighted by molar-refractivity contribution is 14.1. The van der Waals surface area contributed by atoms with Crippen LogP contribution in [0, 0.1) is 3.57 Å². The maximum atomic E-state index is 6.77. The van der Waals surface area contributed by atoms with Crippen LogP contribution in [0.5, 0.6) is 0 Å². The topological polar surface area (TPSA) is 0 Å². The van der Waals surface area contributed by atoms with E-state index < -0.39 is 0 Å². The van der Waals surface area contributed by atoms with E-state index in [0.717, 1.165) is 35.0 Å². The minimum atomic E-state index is -0.212. The number of benzene rings is 3. The van der Waals surface area contributed by atoms with E-state index in [-0.39, 0.29) is 5.38 Å². The molecule has 0 saturated heterocycles. The van der Waals surface area contributed by atoms with Gasteiger partial charge in [0.2, 0.25) is 0 Å². The molecule has 3 aromatic rings. The van der Waals surface area contributed by atoms with Crippen molar-refractivity contribution < 1.29 is 0 Å². The van der Waals surface area contributed by atoms with Gasteiger partial charge in [-0.15, -0.1) is 11.6 Å². The Labute approximate surface area is 155 Å². The fourth-order valence-electron chi connectivity index (χ4n) is 2.38. The zero-order valence-corrected chi connectivity index (χ0v) is 16.0. The summed E-state index contributed by atoms with van der Waals surface area (Å²) in [4.78, 5) is 0. The van der Waals surface area contributed by atoms with E-state index in [9.17, 15) is 0 Å². The van der Waals surface area contributed by atoms with E-state index in [0.29, 0.717) is 0 Å². The molecule has 0 fully saturated rings. The van der Waals surface area contributed by atoms with Crippen LogP contribution in [0.4, 0.5) is 0 Å². The Hall–Kier alpha value is -0.290. The fraction of sp³-hybridized carbons (Fsp3) is 0.0588. The molecule has 0 aromatic heterocycles. The van der Waals surface area contributed by atoms with Gasteiger partial charge in [-0.3, -0.25) is 0 Å². The lowest BCUT2D eigenvalue weighted by molar-refractivity contribution is 1.14. The Morgan fingerprint density at radius 2 is 1.62 bits per heavy atom. The molecule has 0 aliphatic carbocycles. The third-order valence-electron chi connectivity index (χ3n) is 3.41. The third kappa shape index (κ3) is 3.09. The van der Waals surface area contributed by atoms with Gasteiger partial charge < -0.3 is 0 Å². The molecule has 0 aliphatic heterocycles. The van der Waals surface area contributed by atoms with Gasteiger partial charge in [0.05, 0.1) is 5.38 Å². The first-order chi connectivity index (χ1) is 10.1. The summed E-state index contributed by atoms with van der Waals surface area (Å²) >= 11 is 18.9. The van der Waals surface area contributed by atoms with Crippen LogP contribution in [-0.4, -0.2) is 0 Å². The Kier molecular flexibility index (Phi) is 4.79. The maximum Gasteiger partial charge on any atom is 0.0852 e. The molecule has 0 nitrogen and oxygen atoms in total. The Balaban J connectivity index is 2.20. The van der Waals surface area contributed by atoms with Gasteiger partial charge in [-0.2, -0.15) is 0 Å². The van der Waals surface area contributed by atoms with E-state index in [2.05, 4.69) is 56.7 Å². The second-order valence-corrected chi connectivity index (χ2v) is 7.63. The number of hydrogen-bond acceptors (Lipinski definition) is 0. The van der Waals surface area contributed by atoms with Crippen LogP contribution in [-0.2, 0) is 0 Å². The monoisotopic (exact) mass is 490 g/mol. The first kappa shape index (κ1) is 15.6. The van der Waals surface area contributed by atoms with Gasteiger partial charge in [0.1, 0.15) is 0 Å². The standard InChI is InChI=1S/C17H10BrCl2I/c18-10-5-8-16(21)14(9-10)17(20)13-6-7-15(19)12-4-2-1-3-11(12)13/h1-9,17H. The summed E-state index contributed by atoms with van der Waals surface area (Å²) in [5, 5.41) is 2.67.